The quantitative estimate of drug-likeness (QED) is 0.144. The molecule has 0 fully saturated rings. The predicted molar refractivity (Wildman–Crippen MR) is 104 cm³/mol. The Bertz CT molecular complexity index is 1110. The molecule has 2 aromatic carbocycles. The maximum Gasteiger partial charge on any atom is 0.298 e. The molecule has 0 saturated heterocycles. The van der Waals surface area contributed by atoms with Crippen molar-refractivity contribution in [2.24, 2.45) is 10.2 Å². The third-order valence-corrected chi connectivity index (χ3v) is 4.35. The fourth-order valence-electron chi connectivity index (χ4n) is 2.13. The molecule has 0 bridgehead atoms. The number of benzene rings is 2. The summed E-state index contributed by atoms with van der Waals surface area (Å²) in [5, 5.41) is 30.2. The Morgan fingerprint density at radius 3 is 2.30 bits per heavy atom. The summed E-state index contributed by atoms with van der Waals surface area (Å²) in [4.78, 5) is 32.8. The number of amides is 1. The van der Waals surface area contributed by atoms with Gasteiger partial charge >= 0.3 is 0 Å². The van der Waals surface area contributed by atoms with Crippen LogP contribution in [0.15, 0.2) is 57.6 Å². The average molecular weight is 445 g/mol. The van der Waals surface area contributed by atoms with Gasteiger partial charge in [0, 0.05) is 47.4 Å². The Morgan fingerprint density at radius 1 is 1.20 bits per heavy atom. The molecule has 14 heteroatoms. The number of phenolic OH excluding ortho intramolecular Hbond substituents is 1. The van der Waals surface area contributed by atoms with Crippen molar-refractivity contribution in [2.75, 3.05) is 5.32 Å². The number of nitro benzene ring substituents is 1. The van der Waals surface area contributed by atoms with Gasteiger partial charge in [0.1, 0.15) is 10.6 Å². The number of ketones is 1. The summed E-state index contributed by atoms with van der Waals surface area (Å²) in [5.74, 6) is -2.73. The van der Waals surface area contributed by atoms with Crippen LogP contribution in [0.25, 0.3) is 0 Å². The number of para-hydroxylation sites is 1. The molecule has 1 amide bonds. The molecular weight excluding hydrogens is 431 g/mol. The molecule has 0 aliphatic carbocycles. The first-order valence-corrected chi connectivity index (χ1v) is 9.21. The minimum Gasteiger partial charge on any atom is -0.504 e. The Hall–Kier alpha value is -2.71. The second-order valence-electron chi connectivity index (χ2n) is 5.63. The SMILES string of the molecule is CC(=O)C(N=Nc1cc([N+](=O)[O-])cc(S(=O)(=O)O)c1O)C(=O)Nc1ccccc1.[Na]. The van der Waals surface area contributed by atoms with Crippen LogP contribution in [0.2, 0.25) is 0 Å². The first-order chi connectivity index (χ1) is 13.5. The second-order valence-corrected chi connectivity index (χ2v) is 7.02. The van der Waals surface area contributed by atoms with Gasteiger partial charge in [0.2, 0.25) is 6.04 Å². The van der Waals surface area contributed by atoms with Crippen LogP contribution in [0.1, 0.15) is 6.92 Å². The Balaban J connectivity index is 0.00000450. The van der Waals surface area contributed by atoms with E-state index in [1.165, 1.54) is 0 Å². The number of non-ortho nitro benzene ring substituents is 1. The minimum absolute atomic E-state index is 0. The summed E-state index contributed by atoms with van der Waals surface area (Å²) < 4.78 is 31.8. The number of nitrogens with one attached hydrogen (secondary N) is 1. The van der Waals surface area contributed by atoms with Gasteiger partial charge in [0.15, 0.2) is 11.5 Å². The molecule has 0 saturated carbocycles. The normalized spacial score (nSPS) is 12.1. The van der Waals surface area contributed by atoms with Crippen LogP contribution in [0.5, 0.6) is 5.75 Å². The summed E-state index contributed by atoms with van der Waals surface area (Å²) in [6.07, 6.45) is 0. The van der Waals surface area contributed by atoms with Gasteiger partial charge in [-0.1, -0.05) is 18.2 Å². The summed E-state index contributed by atoms with van der Waals surface area (Å²) in [7, 11) is -5.03. The first-order valence-electron chi connectivity index (χ1n) is 7.77. The maximum absolute atomic E-state index is 12.3. The average Bonchev–Trinajstić information content (AvgIpc) is 2.62. The van der Waals surface area contributed by atoms with Gasteiger partial charge in [0.05, 0.1) is 4.92 Å². The van der Waals surface area contributed by atoms with Gasteiger partial charge in [0.25, 0.3) is 21.7 Å². The summed E-state index contributed by atoms with van der Waals surface area (Å²) in [6, 6.07) is 7.50. The second kappa shape index (κ2) is 10.4. The number of hydrogen-bond donors (Lipinski definition) is 3. The number of hydrogen-bond acceptors (Lipinski definition) is 9. The molecule has 3 N–H and O–H groups in total. The van der Waals surface area contributed by atoms with Gasteiger partial charge in [-0.05, 0) is 19.1 Å². The summed E-state index contributed by atoms with van der Waals surface area (Å²) in [6.45, 7) is 1.05. The van der Waals surface area contributed by atoms with Gasteiger partial charge in [-0.2, -0.15) is 18.6 Å². The zero-order valence-corrected chi connectivity index (χ0v) is 18.5. The molecule has 2 aromatic rings. The number of rotatable bonds is 7. The molecule has 0 aromatic heterocycles. The van der Waals surface area contributed by atoms with Crippen molar-refractivity contribution < 1.29 is 32.6 Å². The van der Waals surface area contributed by atoms with Crippen molar-refractivity contribution in [3.05, 3.63) is 52.6 Å². The molecular formula is C16H14N4NaO8S. The van der Waals surface area contributed by atoms with Crippen LogP contribution in [-0.2, 0) is 19.7 Å². The van der Waals surface area contributed by atoms with E-state index in [0.717, 1.165) is 6.92 Å². The molecule has 153 valence electrons. The fourth-order valence-corrected chi connectivity index (χ4v) is 2.75. The monoisotopic (exact) mass is 445 g/mol. The number of carbonyl (C=O) groups is 2. The van der Waals surface area contributed by atoms with E-state index in [0.29, 0.717) is 17.8 Å². The number of anilines is 1. The first kappa shape index (κ1) is 25.3. The van der Waals surface area contributed by atoms with Gasteiger partial charge in [-0.3, -0.25) is 24.3 Å². The van der Waals surface area contributed by atoms with Crippen LogP contribution in [-0.4, -0.2) is 70.3 Å². The van der Waals surface area contributed by atoms with Crippen molar-refractivity contribution in [2.45, 2.75) is 17.9 Å². The predicted octanol–water partition coefficient (Wildman–Crippen LogP) is 1.85. The van der Waals surface area contributed by atoms with Crippen molar-refractivity contribution in [3.8, 4) is 5.75 Å². The number of azo groups is 1. The van der Waals surface area contributed by atoms with E-state index in [1.807, 2.05) is 0 Å². The van der Waals surface area contributed by atoms with E-state index >= 15 is 0 Å². The Kier molecular flexibility index (Phi) is 8.74. The molecule has 2 rings (SSSR count). The van der Waals surface area contributed by atoms with Crippen LogP contribution in [0.3, 0.4) is 0 Å². The van der Waals surface area contributed by atoms with Crippen LogP contribution >= 0.6 is 0 Å². The number of phenols is 1. The van der Waals surface area contributed by atoms with Gasteiger partial charge < -0.3 is 10.4 Å². The minimum atomic E-state index is -5.03. The molecule has 0 aliphatic heterocycles. The molecule has 30 heavy (non-hydrogen) atoms. The zero-order valence-electron chi connectivity index (χ0n) is 15.7. The van der Waals surface area contributed by atoms with Crippen LogP contribution in [0.4, 0.5) is 17.1 Å². The van der Waals surface area contributed by atoms with E-state index in [2.05, 4.69) is 15.5 Å². The molecule has 1 unspecified atom stereocenters. The van der Waals surface area contributed by atoms with Crippen molar-refractivity contribution in [3.63, 3.8) is 0 Å². The van der Waals surface area contributed by atoms with E-state index in [1.54, 1.807) is 30.3 Å². The maximum atomic E-state index is 12.3. The molecule has 0 spiro atoms. The largest absolute Gasteiger partial charge is 0.504 e. The third-order valence-electron chi connectivity index (χ3n) is 3.48. The van der Waals surface area contributed by atoms with E-state index in [-0.39, 0.29) is 29.6 Å². The van der Waals surface area contributed by atoms with Crippen molar-refractivity contribution >= 4 is 68.4 Å². The molecule has 1 atom stereocenters. The summed E-state index contributed by atoms with van der Waals surface area (Å²) in [5.41, 5.74) is -1.19. The molecule has 1 radical (unpaired) electrons. The zero-order chi connectivity index (χ0) is 21.8. The smallest absolute Gasteiger partial charge is 0.298 e. The summed E-state index contributed by atoms with van der Waals surface area (Å²) >= 11 is 0. The van der Waals surface area contributed by atoms with E-state index in [4.69, 9.17) is 4.55 Å². The molecule has 0 aliphatic rings. The number of aromatic hydroxyl groups is 1. The van der Waals surface area contributed by atoms with Gasteiger partial charge in [-0.15, -0.1) is 0 Å². The number of Topliss-reactive ketones (excluding diaryl/α,β-unsaturated/α-hetero) is 1. The topological polar surface area (TPSA) is 189 Å². The van der Waals surface area contributed by atoms with Crippen molar-refractivity contribution in [1.29, 1.82) is 0 Å². The molecule has 0 heterocycles. The van der Waals surface area contributed by atoms with Gasteiger partial charge in [-0.25, -0.2) is 0 Å². The number of nitro groups is 1. The Labute approximate surface area is 192 Å². The van der Waals surface area contributed by atoms with Crippen LogP contribution in [0, 0.1) is 10.1 Å². The van der Waals surface area contributed by atoms with E-state index in [9.17, 15) is 33.2 Å². The number of carbonyl (C=O) groups excluding carboxylic acids is 2. The number of nitrogens with zero attached hydrogens (tertiary/aromatic N) is 3. The molecule has 12 nitrogen and oxygen atoms in total. The fraction of sp³-hybridized carbons (Fsp3) is 0.125. The Morgan fingerprint density at radius 2 is 1.80 bits per heavy atom. The van der Waals surface area contributed by atoms with Crippen molar-refractivity contribution in [1.82, 2.24) is 0 Å². The standard InChI is InChI=1S/C16H14N4O8S.Na/c1-9(21)14(16(23)17-10-5-3-2-4-6-10)19-18-12-7-11(20(24)25)8-13(15(12)22)29(26,27)28;/h2-8,14,22H,1H3,(H,17,23)(H,26,27,28);. The van der Waals surface area contributed by atoms with Crippen LogP contribution < -0.4 is 5.32 Å². The van der Waals surface area contributed by atoms with E-state index < -0.39 is 54.8 Å². The third kappa shape index (κ3) is 6.40.